The Kier molecular flexibility index (Phi) is 5.81. The third-order valence-corrected chi connectivity index (χ3v) is 7.00. The molecule has 2 atom stereocenters. The van der Waals surface area contributed by atoms with E-state index in [4.69, 9.17) is 0 Å². The average Bonchev–Trinajstić information content (AvgIpc) is 3.38. The van der Waals surface area contributed by atoms with Gasteiger partial charge in [-0.05, 0) is 67.8 Å². The number of hydrogen-bond donors (Lipinski definition) is 4. The summed E-state index contributed by atoms with van der Waals surface area (Å²) in [5.74, 6) is -0.202. The van der Waals surface area contributed by atoms with Crippen LogP contribution in [0.2, 0.25) is 0 Å². The van der Waals surface area contributed by atoms with Crippen molar-refractivity contribution in [3.63, 3.8) is 0 Å². The third kappa shape index (κ3) is 3.69. The van der Waals surface area contributed by atoms with Crippen molar-refractivity contribution in [3.8, 4) is 17.0 Å². The average molecular weight is 458 g/mol. The van der Waals surface area contributed by atoms with E-state index in [9.17, 15) is 19.8 Å². The fraction of sp³-hybridized carbons (Fsp3) is 0.417. The number of nitrogens with one attached hydrogen (secondary N) is 2. The number of aromatic amines is 1. The number of carboxylic acid groups (broad SMARTS) is 1. The highest BCUT2D eigenvalue weighted by molar-refractivity contribution is 5.93. The zero-order valence-electron chi connectivity index (χ0n) is 18.2. The molecule has 3 aromatic rings. The van der Waals surface area contributed by atoms with Crippen molar-refractivity contribution in [1.82, 2.24) is 14.9 Å². The molecular formula is C24H28ClN3O4. The van der Waals surface area contributed by atoms with Gasteiger partial charge in [-0.15, -0.1) is 12.4 Å². The first-order valence-corrected chi connectivity index (χ1v) is 10.9. The Hall–Kier alpha value is -2.77. The van der Waals surface area contributed by atoms with E-state index in [-0.39, 0.29) is 12.4 Å². The number of H-pyrrole nitrogens is 1. The van der Waals surface area contributed by atoms with Gasteiger partial charge in [-0.2, -0.15) is 0 Å². The lowest BCUT2D eigenvalue weighted by Crippen LogP contribution is -2.20. The Morgan fingerprint density at radius 2 is 2.03 bits per heavy atom. The molecule has 0 bridgehead atoms. The van der Waals surface area contributed by atoms with Crippen molar-refractivity contribution in [1.29, 1.82) is 0 Å². The predicted molar refractivity (Wildman–Crippen MR) is 126 cm³/mol. The van der Waals surface area contributed by atoms with Crippen LogP contribution in [0, 0.1) is 11.8 Å². The monoisotopic (exact) mass is 457 g/mol. The first-order valence-electron chi connectivity index (χ1n) is 10.9. The minimum absolute atomic E-state index is 0. The number of carbonyl (C=O) groups is 1. The molecule has 1 aromatic carbocycles. The maximum atomic E-state index is 12.4. The topological polar surface area (TPSA) is 107 Å². The summed E-state index contributed by atoms with van der Waals surface area (Å²) < 4.78 is 2.21. The van der Waals surface area contributed by atoms with E-state index < -0.39 is 22.8 Å². The maximum Gasteiger partial charge on any atom is 0.345 e. The number of hydrogen-bond acceptors (Lipinski definition) is 4. The van der Waals surface area contributed by atoms with Crippen molar-refractivity contribution in [2.45, 2.75) is 39.2 Å². The zero-order valence-corrected chi connectivity index (χ0v) is 19.0. The molecule has 0 amide bonds. The summed E-state index contributed by atoms with van der Waals surface area (Å²) in [5, 5.41) is 24.5. The third-order valence-electron chi connectivity index (χ3n) is 7.00. The lowest BCUT2D eigenvalue weighted by atomic mass is 9.98. The molecule has 0 saturated heterocycles. The van der Waals surface area contributed by atoms with Gasteiger partial charge in [-0.1, -0.05) is 6.92 Å². The summed E-state index contributed by atoms with van der Waals surface area (Å²) in [4.78, 5) is 26.6. The zero-order chi connectivity index (χ0) is 21.9. The molecule has 2 aliphatic rings. The summed E-state index contributed by atoms with van der Waals surface area (Å²) in [6.45, 7) is 4.13. The first kappa shape index (κ1) is 22.4. The predicted octanol–water partition coefficient (Wildman–Crippen LogP) is 3.59. The standard InChI is InChI=1S/C24H27N3O4.ClH/c1-12-6-15(12)10-25-11-16-7-14-8-18-13(9-19(14)27(16)2)4-3-5-17-21(18)26-23(29)20(22(17)28)24(30)31;/h7-9,12,15,25H,3-6,10-11H2,1-2H3,(H,30,31)(H2,26,28,29);1H. The van der Waals surface area contributed by atoms with E-state index in [1.54, 1.807) is 0 Å². The molecule has 2 unspecified atom stereocenters. The van der Waals surface area contributed by atoms with Gasteiger partial charge in [0, 0.05) is 41.3 Å². The first-order chi connectivity index (χ1) is 14.8. The van der Waals surface area contributed by atoms with Gasteiger partial charge in [0.05, 0.1) is 5.69 Å². The second kappa shape index (κ2) is 8.30. The molecule has 1 saturated carbocycles. The van der Waals surface area contributed by atoms with Gasteiger partial charge in [0.1, 0.15) is 5.75 Å². The van der Waals surface area contributed by atoms with Crippen LogP contribution in [0.1, 0.15) is 46.9 Å². The quantitative estimate of drug-likeness (QED) is 0.468. The fourth-order valence-corrected chi connectivity index (χ4v) is 4.92. The van der Waals surface area contributed by atoms with Crippen LogP contribution >= 0.6 is 12.4 Å². The number of aromatic hydroxyl groups is 1. The maximum absolute atomic E-state index is 12.4. The Balaban J connectivity index is 0.00000245. The molecule has 2 heterocycles. The number of carboxylic acids is 1. The van der Waals surface area contributed by atoms with Crippen LogP contribution < -0.4 is 10.9 Å². The highest BCUT2D eigenvalue weighted by Crippen LogP contribution is 2.39. The van der Waals surface area contributed by atoms with Crippen LogP contribution in [0.15, 0.2) is 23.0 Å². The summed E-state index contributed by atoms with van der Waals surface area (Å²) in [6.07, 6.45) is 3.38. The number of halogens is 1. The normalized spacial score (nSPS) is 19.1. The van der Waals surface area contributed by atoms with Crippen LogP contribution in [0.25, 0.3) is 22.2 Å². The Bertz CT molecular complexity index is 1280. The van der Waals surface area contributed by atoms with Gasteiger partial charge in [-0.25, -0.2) is 4.79 Å². The van der Waals surface area contributed by atoms with Crippen molar-refractivity contribution in [3.05, 3.63) is 50.9 Å². The minimum Gasteiger partial charge on any atom is -0.506 e. The van der Waals surface area contributed by atoms with E-state index in [1.807, 2.05) is 0 Å². The molecular weight excluding hydrogens is 430 g/mol. The van der Waals surface area contributed by atoms with Crippen molar-refractivity contribution >= 4 is 29.3 Å². The van der Waals surface area contributed by atoms with Crippen molar-refractivity contribution in [2.24, 2.45) is 18.9 Å². The molecule has 5 rings (SSSR count). The number of aromatic carboxylic acids is 1. The number of aromatic nitrogens is 2. The molecule has 2 aromatic heterocycles. The van der Waals surface area contributed by atoms with Crippen LogP contribution in [0.5, 0.6) is 5.75 Å². The number of aryl methyl sites for hydroxylation is 2. The number of benzene rings is 1. The Labute approximate surface area is 191 Å². The van der Waals surface area contributed by atoms with E-state index in [0.717, 1.165) is 59.8 Å². The van der Waals surface area contributed by atoms with E-state index in [1.165, 1.54) is 12.1 Å². The molecule has 4 N–H and O–H groups in total. The summed E-state index contributed by atoms with van der Waals surface area (Å²) in [5.41, 5.74) is 3.97. The van der Waals surface area contributed by atoms with Gasteiger partial charge in [0.2, 0.25) is 0 Å². The molecule has 8 heteroatoms. The minimum atomic E-state index is -1.41. The molecule has 0 radical (unpaired) electrons. The van der Waals surface area contributed by atoms with Gasteiger partial charge >= 0.3 is 5.97 Å². The van der Waals surface area contributed by atoms with E-state index in [2.05, 4.69) is 47.0 Å². The number of fused-ring (bicyclic) bond motifs is 4. The fourth-order valence-electron chi connectivity index (χ4n) is 4.92. The van der Waals surface area contributed by atoms with E-state index >= 15 is 0 Å². The van der Waals surface area contributed by atoms with Crippen LogP contribution in [-0.2, 0) is 26.4 Å². The van der Waals surface area contributed by atoms with Gasteiger partial charge in [-0.3, -0.25) is 4.79 Å². The van der Waals surface area contributed by atoms with Gasteiger partial charge < -0.3 is 25.1 Å². The van der Waals surface area contributed by atoms with Crippen LogP contribution in [-0.4, -0.2) is 32.3 Å². The van der Waals surface area contributed by atoms with Gasteiger partial charge in [0.25, 0.3) is 5.56 Å². The molecule has 0 aliphatic heterocycles. The number of pyridine rings is 1. The highest BCUT2D eigenvalue weighted by atomic mass is 35.5. The summed E-state index contributed by atoms with van der Waals surface area (Å²) in [7, 11) is 2.07. The summed E-state index contributed by atoms with van der Waals surface area (Å²) in [6, 6.07) is 6.37. The molecule has 170 valence electrons. The summed E-state index contributed by atoms with van der Waals surface area (Å²) >= 11 is 0. The highest BCUT2D eigenvalue weighted by Gasteiger charge is 2.31. The molecule has 32 heavy (non-hydrogen) atoms. The van der Waals surface area contributed by atoms with E-state index in [0.29, 0.717) is 17.7 Å². The van der Waals surface area contributed by atoms with Crippen molar-refractivity contribution < 1.29 is 15.0 Å². The second-order valence-electron chi connectivity index (χ2n) is 9.06. The molecule has 7 nitrogen and oxygen atoms in total. The van der Waals surface area contributed by atoms with Gasteiger partial charge in [0.15, 0.2) is 5.56 Å². The van der Waals surface area contributed by atoms with Crippen LogP contribution in [0.3, 0.4) is 0 Å². The lowest BCUT2D eigenvalue weighted by molar-refractivity contribution is 0.0691. The Morgan fingerprint density at radius 3 is 2.72 bits per heavy atom. The smallest absolute Gasteiger partial charge is 0.345 e. The number of rotatable bonds is 5. The Morgan fingerprint density at radius 1 is 1.28 bits per heavy atom. The SMILES string of the molecule is CC1CC1CNCc1cc2cc3c(cc2n1C)CCCc1c-3[nH]c(=O)c(C(=O)O)c1O.Cl. The molecule has 2 aliphatic carbocycles. The van der Waals surface area contributed by atoms with Crippen LogP contribution in [0.4, 0.5) is 0 Å². The molecule has 0 spiro atoms. The largest absolute Gasteiger partial charge is 0.506 e. The lowest BCUT2D eigenvalue weighted by Gasteiger charge is -2.13. The van der Waals surface area contributed by atoms with Crippen molar-refractivity contribution in [2.75, 3.05) is 6.54 Å². The number of nitrogens with zero attached hydrogens (tertiary/aromatic N) is 1. The molecule has 1 fully saturated rings. The second-order valence-corrected chi connectivity index (χ2v) is 9.06.